The van der Waals surface area contributed by atoms with Crippen molar-refractivity contribution in [1.29, 1.82) is 0 Å². The molecule has 0 fully saturated rings. The molecule has 3 aromatic rings. The maximum Gasteiger partial charge on any atom is 0.163 e. The monoisotopic (exact) mass is 362 g/mol. The number of hydrogen-bond donors (Lipinski definition) is 2. The van der Waals surface area contributed by atoms with E-state index in [4.69, 9.17) is 9.47 Å². The predicted octanol–water partition coefficient (Wildman–Crippen LogP) is 3.94. The molecule has 136 valence electrons. The number of Topliss-reactive ketones (excluding diaryl/α,β-unsaturated/α-hetero) is 1. The molecule has 1 aliphatic heterocycles. The van der Waals surface area contributed by atoms with Gasteiger partial charge in [0.25, 0.3) is 0 Å². The van der Waals surface area contributed by atoms with Crippen molar-refractivity contribution >= 4 is 28.8 Å². The number of ether oxygens (including phenoxy) is 2. The molecule has 0 radical (unpaired) electrons. The SMILES string of the molecule is CC(=O)c1cccc(Nc2cc(Nc3ccc4c(c3)OCCO4)ncn2)c1. The molecule has 1 aromatic heterocycles. The van der Waals surface area contributed by atoms with Crippen molar-refractivity contribution in [2.75, 3.05) is 23.8 Å². The van der Waals surface area contributed by atoms with Crippen LogP contribution in [0.3, 0.4) is 0 Å². The van der Waals surface area contributed by atoms with E-state index in [1.54, 1.807) is 25.1 Å². The van der Waals surface area contributed by atoms with E-state index in [0.717, 1.165) is 17.1 Å². The van der Waals surface area contributed by atoms with E-state index >= 15 is 0 Å². The molecule has 7 nitrogen and oxygen atoms in total. The van der Waals surface area contributed by atoms with Gasteiger partial charge in [0.05, 0.1) is 0 Å². The molecule has 1 aliphatic rings. The molecule has 0 atom stereocenters. The van der Waals surface area contributed by atoms with Gasteiger partial charge in [0.15, 0.2) is 17.3 Å². The van der Waals surface area contributed by atoms with Crippen LogP contribution in [-0.2, 0) is 0 Å². The van der Waals surface area contributed by atoms with E-state index in [1.165, 1.54) is 6.33 Å². The summed E-state index contributed by atoms with van der Waals surface area (Å²) in [7, 11) is 0. The van der Waals surface area contributed by atoms with Crippen LogP contribution in [0, 0.1) is 0 Å². The second-order valence-electron chi connectivity index (χ2n) is 6.03. The van der Waals surface area contributed by atoms with Crippen molar-refractivity contribution < 1.29 is 14.3 Å². The Labute approximate surface area is 156 Å². The highest BCUT2D eigenvalue weighted by molar-refractivity contribution is 5.95. The van der Waals surface area contributed by atoms with Gasteiger partial charge in [-0.15, -0.1) is 0 Å². The number of carbonyl (C=O) groups is 1. The molecule has 2 N–H and O–H groups in total. The number of fused-ring (bicyclic) bond motifs is 1. The van der Waals surface area contributed by atoms with Gasteiger partial charge in [-0.3, -0.25) is 4.79 Å². The summed E-state index contributed by atoms with van der Waals surface area (Å²) in [5.74, 6) is 2.71. The molecule has 0 saturated carbocycles. The molecule has 0 aliphatic carbocycles. The van der Waals surface area contributed by atoms with Crippen molar-refractivity contribution in [1.82, 2.24) is 9.97 Å². The molecular formula is C20H18N4O3. The highest BCUT2D eigenvalue weighted by Crippen LogP contribution is 2.33. The van der Waals surface area contributed by atoms with Crippen LogP contribution >= 0.6 is 0 Å². The summed E-state index contributed by atoms with van der Waals surface area (Å²) in [5, 5.41) is 6.42. The topological polar surface area (TPSA) is 85.4 Å². The molecular weight excluding hydrogens is 344 g/mol. The largest absolute Gasteiger partial charge is 0.486 e. The zero-order chi connectivity index (χ0) is 18.6. The Morgan fingerprint density at radius 3 is 2.33 bits per heavy atom. The summed E-state index contributed by atoms with van der Waals surface area (Å²) in [6.45, 7) is 2.64. The van der Waals surface area contributed by atoms with Crippen LogP contribution in [0.15, 0.2) is 54.9 Å². The number of nitrogens with one attached hydrogen (secondary N) is 2. The number of anilines is 4. The molecule has 0 saturated heterocycles. The van der Waals surface area contributed by atoms with Crippen LogP contribution in [0.2, 0.25) is 0 Å². The minimum Gasteiger partial charge on any atom is -0.486 e. The van der Waals surface area contributed by atoms with Crippen LogP contribution in [-0.4, -0.2) is 29.0 Å². The number of rotatable bonds is 5. The van der Waals surface area contributed by atoms with Crippen LogP contribution in [0.25, 0.3) is 0 Å². The van der Waals surface area contributed by atoms with E-state index in [2.05, 4.69) is 20.6 Å². The molecule has 2 heterocycles. The maximum absolute atomic E-state index is 11.5. The molecule has 4 rings (SSSR count). The second kappa shape index (κ2) is 7.33. The predicted molar refractivity (Wildman–Crippen MR) is 102 cm³/mol. The molecule has 7 heteroatoms. The van der Waals surface area contributed by atoms with Gasteiger partial charge in [-0.25, -0.2) is 9.97 Å². The number of benzene rings is 2. The summed E-state index contributed by atoms with van der Waals surface area (Å²) >= 11 is 0. The van der Waals surface area contributed by atoms with Gasteiger partial charge >= 0.3 is 0 Å². The molecule has 27 heavy (non-hydrogen) atoms. The normalized spacial score (nSPS) is 12.3. The highest BCUT2D eigenvalue weighted by Gasteiger charge is 2.12. The van der Waals surface area contributed by atoms with Gasteiger partial charge in [-0.2, -0.15) is 0 Å². The van der Waals surface area contributed by atoms with Crippen molar-refractivity contribution in [2.45, 2.75) is 6.92 Å². The number of nitrogens with zero attached hydrogens (tertiary/aromatic N) is 2. The lowest BCUT2D eigenvalue weighted by Crippen LogP contribution is -2.15. The molecule has 0 spiro atoms. The number of hydrogen-bond acceptors (Lipinski definition) is 7. The van der Waals surface area contributed by atoms with Gasteiger partial charge in [0.1, 0.15) is 31.2 Å². The summed E-state index contributed by atoms with van der Waals surface area (Å²) in [6.07, 6.45) is 1.47. The average molecular weight is 362 g/mol. The second-order valence-corrected chi connectivity index (χ2v) is 6.03. The Morgan fingerprint density at radius 2 is 1.59 bits per heavy atom. The lowest BCUT2D eigenvalue weighted by molar-refractivity contribution is 0.101. The lowest BCUT2D eigenvalue weighted by atomic mass is 10.1. The van der Waals surface area contributed by atoms with Gasteiger partial charge < -0.3 is 20.1 Å². The fourth-order valence-corrected chi connectivity index (χ4v) is 2.73. The van der Waals surface area contributed by atoms with Crippen LogP contribution in [0.5, 0.6) is 11.5 Å². The minimum atomic E-state index is 0.0160. The molecule has 0 amide bonds. The molecule has 0 unspecified atom stereocenters. The van der Waals surface area contributed by atoms with E-state index in [1.807, 2.05) is 30.3 Å². The van der Waals surface area contributed by atoms with Gasteiger partial charge in [-0.1, -0.05) is 12.1 Å². The minimum absolute atomic E-state index is 0.0160. The summed E-state index contributed by atoms with van der Waals surface area (Å²) in [4.78, 5) is 20.0. The Kier molecular flexibility index (Phi) is 4.57. The van der Waals surface area contributed by atoms with Crippen LogP contribution in [0.1, 0.15) is 17.3 Å². The first-order valence-electron chi connectivity index (χ1n) is 8.54. The van der Waals surface area contributed by atoms with Crippen molar-refractivity contribution in [3.8, 4) is 11.5 Å². The summed E-state index contributed by atoms with van der Waals surface area (Å²) < 4.78 is 11.1. The quantitative estimate of drug-likeness (QED) is 0.665. The van der Waals surface area contributed by atoms with Crippen LogP contribution in [0.4, 0.5) is 23.0 Å². The number of carbonyl (C=O) groups excluding carboxylic acids is 1. The molecule has 0 bridgehead atoms. The first-order valence-corrected chi connectivity index (χ1v) is 8.54. The Balaban J connectivity index is 1.51. The Bertz CT molecular complexity index is 990. The standard InChI is InChI=1S/C20H18N4O3/c1-13(25)14-3-2-4-15(9-14)23-19-11-20(22-12-21-19)24-16-5-6-17-18(10-16)27-8-7-26-17/h2-6,9-12H,7-8H2,1H3,(H2,21,22,23,24). The van der Waals surface area contributed by atoms with Gasteiger partial charge in [-0.05, 0) is 31.2 Å². The third-order valence-electron chi connectivity index (χ3n) is 4.02. The fraction of sp³-hybridized carbons (Fsp3) is 0.150. The van der Waals surface area contributed by atoms with E-state index in [-0.39, 0.29) is 5.78 Å². The first-order chi connectivity index (χ1) is 13.2. The summed E-state index contributed by atoms with van der Waals surface area (Å²) in [5.41, 5.74) is 2.26. The smallest absolute Gasteiger partial charge is 0.163 e. The zero-order valence-corrected chi connectivity index (χ0v) is 14.7. The maximum atomic E-state index is 11.5. The van der Waals surface area contributed by atoms with Crippen LogP contribution < -0.4 is 20.1 Å². The first kappa shape index (κ1) is 16.8. The highest BCUT2D eigenvalue weighted by atomic mass is 16.6. The summed E-state index contributed by atoms with van der Waals surface area (Å²) in [6, 6.07) is 14.7. The fourth-order valence-electron chi connectivity index (χ4n) is 2.73. The molecule has 2 aromatic carbocycles. The van der Waals surface area contributed by atoms with Gasteiger partial charge in [0.2, 0.25) is 0 Å². The number of ketones is 1. The van der Waals surface area contributed by atoms with Gasteiger partial charge in [0, 0.05) is 29.1 Å². The third kappa shape index (κ3) is 3.98. The average Bonchev–Trinajstić information content (AvgIpc) is 2.68. The number of aromatic nitrogens is 2. The lowest BCUT2D eigenvalue weighted by Gasteiger charge is -2.19. The Hall–Kier alpha value is -3.61. The van der Waals surface area contributed by atoms with E-state index < -0.39 is 0 Å². The zero-order valence-electron chi connectivity index (χ0n) is 14.7. The van der Waals surface area contributed by atoms with E-state index in [0.29, 0.717) is 36.2 Å². The van der Waals surface area contributed by atoms with Crippen molar-refractivity contribution in [3.63, 3.8) is 0 Å². The van der Waals surface area contributed by atoms with Crippen molar-refractivity contribution in [2.24, 2.45) is 0 Å². The Morgan fingerprint density at radius 1 is 0.889 bits per heavy atom. The van der Waals surface area contributed by atoms with Crippen molar-refractivity contribution in [3.05, 3.63) is 60.4 Å². The third-order valence-corrected chi connectivity index (χ3v) is 4.02. The van der Waals surface area contributed by atoms with E-state index in [9.17, 15) is 4.79 Å².